The second-order valence-electron chi connectivity index (χ2n) is 7.54. The number of halogens is 1. The average molecular weight is 372 g/mol. The Balaban J connectivity index is 1.40. The summed E-state index contributed by atoms with van der Waals surface area (Å²) in [6.45, 7) is 1.67. The molecule has 144 valence electrons. The summed E-state index contributed by atoms with van der Waals surface area (Å²) < 4.78 is 24.5. The molecule has 4 rings (SSSR count). The molecule has 6 heteroatoms. The first kappa shape index (κ1) is 18.0. The molecule has 2 heterocycles. The fraction of sp³-hybridized carbons (Fsp3) is 0.476. The van der Waals surface area contributed by atoms with Crippen molar-refractivity contribution in [3.8, 4) is 0 Å². The number of carbonyl (C=O) groups is 1. The third-order valence-corrected chi connectivity index (χ3v) is 5.68. The van der Waals surface area contributed by atoms with E-state index < -0.39 is 0 Å². The molecule has 1 N–H and O–H groups in total. The predicted octanol–water partition coefficient (Wildman–Crippen LogP) is 4.14. The number of benzene rings is 1. The standard InChI is InChI=1S/C21H25FN2O3/c1-26-13-17-7-8-19(27-17)18-6-3-11-24(18)20(25)23-14-21(9-10-21)15-4-2-5-16(22)12-15/h2,4-5,7-8,12,18H,3,6,9-11,13-14H2,1H3,(H,23,25). The second kappa shape index (κ2) is 7.35. The van der Waals surface area contributed by atoms with Crippen LogP contribution in [0.25, 0.3) is 0 Å². The smallest absolute Gasteiger partial charge is 0.318 e. The highest BCUT2D eigenvalue weighted by molar-refractivity contribution is 5.75. The third kappa shape index (κ3) is 3.72. The van der Waals surface area contributed by atoms with Gasteiger partial charge in [0.25, 0.3) is 0 Å². The number of carbonyl (C=O) groups excluding carboxylic acids is 1. The summed E-state index contributed by atoms with van der Waals surface area (Å²) in [5.74, 6) is 1.35. The maximum Gasteiger partial charge on any atom is 0.318 e. The van der Waals surface area contributed by atoms with Crippen LogP contribution in [0.15, 0.2) is 40.8 Å². The molecule has 2 aliphatic rings. The van der Waals surface area contributed by atoms with Crippen LogP contribution in [0, 0.1) is 5.82 Å². The van der Waals surface area contributed by atoms with Gasteiger partial charge in [0.2, 0.25) is 0 Å². The number of hydrogen-bond donors (Lipinski definition) is 1. The Kier molecular flexibility index (Phi) is 4.91. The van der Waals surface area contributed by atoms with Crippen LogP contribution >= 0.6 is 0 Å². The topological polar surface area (TPSA) is 54.7 Å². The number of amides is 2. The summed E-state index contributed by atoms with van der Waals surface area (Å²) in [5, 5.41) is 3.08. The fourth-order valence-electron chi connectivity index (χ4n) is 3.98. The average Bonchev–Trinajstić information content (AvgIpc) is 3.07. The van der Waals surface area contributed by atoms with E-state index >= 15 is 0 Å². The first-order valence-electron chi connectivity index (χ1n) is 9.49. The van der Waals surface area contributed by atoms with Gasteiger partial charge in [0, 0.05) is 25.6 Å². The molecule has 1 saturated heterocycles. The first-order valence-corrected chi connectivity index (χ1v) is 9.49. The van der Waals surface area contributed by atoms with Crippen LogP contribution < -0.4 is 5.32 Å². The highest BCUT2D eigenvalue weighted by Crippen LogP contribution is 2.47. The van der Waals surface area contributed by atoms with Crippen LogP contribution in [0.2, 0.25) is 0 Å². The van der Waals surface area contributed by atoms with Crippen molar-refractivity contribution in [2.45, 2.75) is 43.7 Å². The summed E-state index contributed by atoms with van der Waals surface area (Å²) >= 11 is 0. The lowest BCUT2D eigenvalue weighted by molar-refractivity contribution is 0.156. The van der Waals surface area contributed by atoms with E-state index in [1.54, 1.807) is 19.2 Å². The van der Waals surface area contributed by atoms with Crippen LogP contribution in [0.4, 0.5) is 9.18 Å². The van der Waals surface area contributed by atoms with Gasteiger partial charge in [0.15, 0.2) is 0 Å². The van der Waals surface area contributed by atoms with E-state index in [1.165, 1.54) is 6.07 Å². The van der Waals surface area contributed by atoms with Crippen molar-refractivity contribution in [1.29, 1.82) is 0 Å². The number of urea groups is 1. The van der Waals surface area contributed by atoms with E-state index in [9.17, 15) is 9.18 Å². The van der Waals surface area contributed by atoms with Crippen LogP contribution in [0.3, 0.4) is 0 Å². The van der Waals surface area contributed by atoms with E-state index in [0.29, 0.717) is 19.7 Å². The molecule has 27 heavy (non-hydrogen) atoms. The molecule has 5 nitrogen and oxygen atoms in total. The number of nitrogens with zero attached hydrogens (tertiary/aromatic N) is 1. The Morgan fingerprint density at radius 2 is 2.22 bits per heavy atom. The van der Waals surface area contributed by atoms with Crippen molar-refractivity contribution in [2.24, 2.45) is 0 Å². The number of hydrogen-bond acceptors (Lipinski definition) is 3. The van der Waals surface area contributed by atoms with Crippen LogP contribution in [0.1, 0.15) is 48.8 Å². The largest absolute Gasteiger partial charge is 0.461 e. The number of methoxy groups -OCH3 is 1. The van der Waals surface area contributed by atoms with Gasteiger partial charge in [-0.2, -0.15) is 0 Å². The summed E-state index contributed by atoms with van der Waals surface area (Å²) in [5.41, 5.74) is 0.847. The minimum Gasteiger partial charge on any atom is -0.461 e. The molecule has 0 bridgehead atoms. The van der Waals surface area contributed by atoms with Gasteiger partial charge in [-0.3, -0.25) is 0 Å². The van der Waals surface area contributed by atoms with Gasteiger partial charge in [-0.1, -0.05) is 12.1 Å². The van der Waals surface area contributed by atoms with Gasteiger partial charge in [0.1, 0.15) is 23.9 Å². The van der Waals surface area contributed by atoms with Crippen molar-refractivity contribution < 1.29 is 18.3 Å². The van der Waals surface area contributed by atoms with Crippen molar-refractivity contribution in [3.05, 3.63) is 59.3 Å². The summed E-state index contributed by atoms with van der Waals surface area (Å²) in [4.78, 5) is 14.7. The minimum absolute atomic E-state index is 0.0417. The SMILES string of the molecule is COCc1ccc(C2CCCN2C(=O)NCC2(c3cccc(F)c3)CC2)o1. The zero-order valence-corrected chi connectivity index (χ0v) is 15.5. The molecule has 0 spiro atoms. The van der Waals surface area contributed by atoms with Gasteiger partial charge in [0.05, 0.1) is 6.04 Å². The molecule has 2 aromatic rings. The van der Waals surface area contributed by atoms with E-state index in [4.69, 9.17) is 9.15 Å². The molecule has 1 aliphatic carbocycles. The lowest BCUT2D eigenvalue weighted by Crippen LogP contribution is -2.42. The quantitative estimate of drug-likeness (QED) is 0.829. The molecular formula is C21H25FN2O3. The number of likely N-dealkylation sites (tertiary alicyclic amines) is 1. The highest BCUT2D eigenvalue weighted by Gasteiger charge is 2.45. The Hall–Kier alpha value is -2.34. The van der Waals surface area contributed by atoms with Crippen molar-refractivity contribution in [3.63, 3.8) is 0 Å². The molecule has 2 amide bonds. The lowest BCUT2D eigenvalue weighted by Gasteiger charge is -2.25. The molecule has 0 radical (unpaired) electrons. The van der Waals surface area contributed by atoms with Crippen molar-refractivity contribution in [1.82, 2.24) is 10.2 Å². The molecule has 1 saturated carbocycles. The van der Waals surface area contributed by atoms with E-state index in [2.05, 4.69) is 5.32 Å². The zero-order valence-electron chi connectivity index (χ0n) is 15.5. The molecule has 1 aromatic heterocycles. The highest BCUT2D eigenvalue weighted by atomic mass is 19.1. The number of rotatable bonds is 6. The Bertz CT molecular complexity index is 815. The second-order valence-corrected chi connectivity index (χ2v) is 7.54. The number of nitrogens with one attached hydrogen (secondary N) is 1. The van der Waals surface area contributed by atoms with Gasteiger partial charge in [-0.05, 0) is 55.5 Å². The van der Waals surface area contributed by atoms with E-state index in [0.717, 1.165) is 42.8 Å². The van der Waals surface area contributed by atoms with Gasteiger partial charge < -0.3 is 19.4 Å². The van der Waals surface area contributed by atoms with Crippen molar-refractivity contribution >= 4 is 6.03 Å². The van der Waals surface area contributed by atoms with Gasteiger partial charge in [-0.15, -0.1) is 0 Å². The lowest BCUT2D eigenvalue weighted by atomic mass is 9.96. The fourth-order valence-corrected chi connectivity index (χ4v) is 3.98. The van der Waals surface area contributed by atoms with Gasteiger partial charge in [-0.25, -0.2) is 9.18 Å². The molecule has 1 aliphatic heterocycles. The Labute approximate surface area is 158 Å². The summed E-state index contributed by atoms with van der Waals surface area (Å²) in [6.07, 6.45) is 3.78. The molecular weight excluding hydrogens is 347 g/mol. The first-order chi connectivity index (χ1) is 13.1. The zero-order chi connectivity index (χ0) is 18.9. The normalized spacial score (nSPS) is 20.7. The van der Waals surface area contributed by atoms with Crippen LogP contribution in [0.5, 0.6) is 0 Å². The van der Waals surface area contributed by atoms with Crippen LogP contribution in [-0.2, 0) is 16.8 Å². The van der Waals surface area contributed by atoms with Crippen molar-refractivity contribution in [2.75, 3.05) is 20.2 Å². The summed E-state index contributed by atoms with van der Waals surface area (Å²) in [6, 6.07) is 10.4. The summed E-state index contributed by atoms with van der Waals surface area (Å²) in [7, 11) is 1.63. The maximum absolute atomic E-state index is 13.6. The third-order valence-electron chi connectivity index (χ3n) is 5.68. The molecule has 1 aromatic carbocycles. The van der Waals surface area contributed by atoms with Gasteiger partial charge >= 0.3 is 6.03 Å². The Morgan fingerprint density at radius 1 is 1.37 bits per heavy atom. The maximum atomic E-state index is 13.6. The molecule has 1 unspecified atom stereocenters. The van der Waals surface area contributed by atoms with E-state index in [1.807, 2.05) is 23.1 Å². The number of ether oxygens (including phenoxy) is 1. The molecule has 2 fully saturated rings. The van der Waals surface area contributed by atoms with Crippen LogP contribution in [-0.4, -0.2) is 31.1 Å². The molecule has 1 atom stereocenters. The Morgan fingerprint density at radius 3 is 2.96 bits per heavy atom. The monoisotopic (exact) mass is 372 g/mol. The predicted molar refractivity (Wildman–Crippen MR) is 98.8 cm³/mol. The van der Waals surface area contributed by atoms with E-state index in [-0.39, 0.29) is 23.3 Å². The number of furan rings is 1. The minimum atomic E-state index is -0.227.